The molecule has 2 aromatic rings. The third-order valence-electron chi connectivity index (χ3n) is 4.03. The third-order valence-corrected chi connectivity index (χ3v) is 4.03. The van der Waals surface area contributed by atoms with Gasteiger partial charge in [-0.25, -0.2) is 19.2 Å². The minimum atomic E-state index is -0.349. The summed E-state index contributed by atoms with van der Waals surface area (Å²) < 4.78 is 13.4. The number of hydrogen-bond acceptors (Lipinski definition) is 3. The van der Waals surface area contributed by atoms with Crippen molar-refractivity contribution in [3.8, 4) is 0 Å². The van der Waals surface area contributed by atoms with Gasteiger partial charge in [-0.2, -0.15) is 0 Å². The van der Waals surface area contributed by atoms with Crippen LogP contribution in [-0.4, -0.2) is 34.0 Å². The number of amides is 2. The highest BCUT2D eigenvalue weighted by Crippen LogP contribution is 2.25. The molecule has 23 heavy (non-hydrogen) atoms. The van der Waals surface area contributed by atoms with Crippen LogP contribution >= 0.6 is 0 Å². The van der Waals surface area contributed by atoms with Crippen molar-refractivity contribution < 1.29 is 9.18 Å². The van der Waals surface area contributed by atoms with Gasteiger partial charge in [0.1, 0.15) is 12.1 Å². The van der Waals surface area contributed by atoms with Crippen LogP contribution in [0.4, 0.5) is 14.9 Å². The summed E-state index contributed by atoms with van der Waals surface area (Å²) in [6.07, 6.45) is 5.17. The van der Waals surface area contributed by atoms with Gasteiger partial charge in [0, 0.05) is 36.6 Å². The van der Waals surface area contributed by atoms with Crippen LogP contribution in [0.25, 0.3) is 0 Å². The van der Waals surface area contributed by atoms with Gasteiger partial charge in [0.05, 0.1) is 0 Å². The maximum atomic E-state index is 13.4. The zero-order valence-corrected chi connectivity index (χ0v) is 13.0. The molecule has 0 radical (unpaired) electrons. The first-order chi connectivity index (χ1) is 11.1. The van der Waals surface area contributed by atoms with Crippen LogP contribution < -0.4 is 5.32 Å². The number of aromatic nitrogens is 2. The molecule has 6 heteroatoms. The fraction of sp³-hybridized carbons (Fsp3) is 0.353. The summed E-state index contributed by atoms with van der Waals surface area (Å²) in [5.74, 6) is -0.135. The predicted molar refractivity (Wildman–Crippen MR) is 85.7 cm³/mol. The summed E-state index contributed by atoms with van der Waals surface area (Å²) in [5, 5.41) is 2.78. The number of likely N-dealkylation sites (tertiary alicyclic amines) is 1. The molecule has 3 rings (SSSR count). The largest absolute Gasteiger partial charge is 0.324 e. The molecule has 1 aromatic heterocycles. The number of piperidine rings is 1. The lowest BCUT2D eigenvalue weighted by Crippen LogP contribution is -2.41. The zero-order valence-electron chi connectivity index (χ0n) is 13.0. The number of anilines is 1. The number of carbonyl (C=O) groups excluding carboxylic acids is 1. The van der Waals surface area contributed by atoms with Gasteiger partial charge in [-0.3, -0.25) is 0 Å². The average Bonchev–Trinajstić information content (AvgIpc) is 2.55. The minimum Gasteiger partial charge on any atom is -0.324 e. The fourth-order valence-corrected chi connectivity index (χ4v) is 2.96. The molecule has 0 saturated carbocycles. The molecule has 1 N–H and O–H groups in total. The summed E-state index contributed by atoms with van der Waals surface area (Å²) in [4.78, 5) is 22.4. The summed E-state index contributed by atoms with van der Waals surface area (Å²) in [6.45, 7) is 3.10. The first-order valence-corrected chi connectivity index (χ1v) is 7.71. The molecular weight excluding hydrogens is 295 g/mol. The van der Waals surface area contributed by atoms with Crippen molar-refractivity contribution >= 4 is 11.7 Å². The lowest BCUT2D eigenvalue weighted by atomic mass is 9.95. The quantitative estimate of drug-likeness (QED) is 0.925. The maximum Gasteiger partial charge on any atom is 0.321 e. The van der Waals surface area contributed by atoms with Gasteiger partial charge in [-0.15, -0.1) is 0 Å². The second kappa shape index (κ2) is 6.73. The van der Waals surface area contributed by atoms with Crippen molar-refractivity contribution in [2.75, 3.05) is 18.4 Å². The SMILES string of the molecule is Cc1cc(F)cc(NC(=O)N2CCC[C@H](c3ccncn3)C2)c1. The summed E-state index contributed by atoms with van der Waals surface area (Å²) in [6, 6.07) is 6.21. The van der Waals surface area contributed by atoms with E-state index in [1.807, 2.05) is 6.07 Å². The minimum absolute atomic E-state index is 0.200. The normalized spacial score (nSPS) is 17.8. The van der Waals surface area contributed by atoms with Crippen molar-refractivity contribution in [2.45, 2.75) is 25.7 Å². The Morgan fingerprint density at radius 2 is 2.26 bits per heavy atom. The van der Waals surface area contributed by atoms with E-state index in [1.54, 1.807) is 24.1 Å². The molecule has 0 spiro atoms. The molecule has 1 fully saturated rings. The smallest absolute Gasteiger partial charge is 0.321 e. The number of benzene rings is 1. The lowest BCUT2D eigenvalue weighted by molar-refractivity contribution is 0.192. The molecule has 1 aromatic carbocycles. The topological polar surface area (TPSA) is 58.1 Å². The van der Waals surface area contributed by atoms with Crippen molar-refractivity contribution in [1.29, 1.82) is 0 Å². The fourth-order valence-electron chi connectivity index (χ4n) is 2.96. The Bertz CT molecular complexity index is 672. The number of rotatable bonds is 2. The molecular formula is C17H19FN4O. The van der Waals surface area contributed by atoms with E-state index < -0.39 is 0 Å². The molecule has 1 atom stereocenters. The Balaban J connectivity index is 1.67. The Morgan fingerprint density at radius 1 is 1.39 bits per heavy atom. The van der Waals surface area contributed by atoms with Crippen LogP contribution in [0, 0.1) is 12.7 Å². The number of aryl methyl sites for hydroxylation is 1. The summed E-state index contributed by atoms with van der Waals surface area (Å²) in [5.41, 5.74) is 2.22. The highest BCUT2D eigenvalue weighted by Gasteiger charge is 2.25. The Morgan fingerprint density at radius 3 is 3.00 bits per heavy atom. The van der Waals surface area contributed by atoms with E-state index in [0.29, 0.717) is 18.8 Å². The van der Waals surface area contributed by atoms with E-state index in [4.69, 9.17) is 0 Å². The van der Waals surface area contributed by atoms with Gasteiger partial charge in [0.15, 0.2) is 0 Å². The van der Waals surface area contributed by atoms with Gasteiger partial charge < -0.3 is 10.2 Å². The monoisotopic (exact) mass is 314 g/mol. The van der Waals surface area contributed by atoms with E-state index in [-0.39, 0.29) is 17.8 Å². The second-order valence-electron chi connectivity index (χ2n) is 5.87. The molecule has 2 heterocycles. The van der Waals surface area contributed by atoms with Gasteiger partial charge in [0.2, 0.25) is 0 Å². The molecule has 1 aliphatic heterocycles. The lowest BCUT2D eigenvalue weighted by Gasteiger charge is -2.32. The zero-order chi connectivity index (χ0) is 16.2. The average molecular weight is 314 g/mol. The molecule has 0 aliphatic carbocycles. The number of urea groups is 1. The standard InChI is InChI=1S/C17H19FN4O/c1-12-7-14(18)9-15(8-12)21-17(23)22-6-2-3-13(10-22)16-4-5-19-11-20-16/h4-5,7-9,11,13H,2-3,6,10H2,1H3,(H,21,23)/t13-/m0/s1. The van der Waals surface area contributed by atoms with Gasteiger partial charge in [-0.05, 0) is 49.6 Å². The van der Waals surface area contributed by atoms with E-state index in [1.165, 1.54) is 18.5 Å². The number of carbonyl (C=O) groups is 1. The summed E-state index contributed by atoms with van der Waals surface area (Å²) in [7, 11) is 0. The first-order valence-electron chi connectivity index (χ1n) is 7.71. The molecule has 2 amide bonds. The molecule has 120 valence electrons. The summed E-state index contributed by atoms with van der Waals surface area (Å²) >= 11 is 0. The van der Waals surface area contributed by atoms with Gasteiger partial charge in [-0.1, -0.05) is 0 Å². The van der Waals surface area contributed by atoms with E-state index in [0.717, 1.165) is 24.1 Å². The number of nitrogens with zero attached hydrogens (tertiary/aromatic N) is 3. The Labute approximate surface area is 134 Å². The first kappa shape index (κ1) is 15.4. The van der Waals surface area contributed by atoms with Crippen LogP contribution in [0.5, 0.6) is 0 Å². The molecule has 5 nitrogen and oxygen atoms in total. The predicted octanol–water partition coefficient (Wildman–Crippen LogP) is 3.34. The molecule has 1 aliphatic rings. The molecule has 1 saturated heterocycles. The molecule has 0 unspecified atom stereocenters. The van der Waals surface area contributed by atoms with Crippen LogP contribution in [-0.2, 0) is 0 Å². The number of halogens is 1. The van der Waals surface area contributed by atoms with Crippen molar-refractivity contribution in [2.24, 2.45) is 0 Å². The second-order valence-corrected chi connectivity index (χ2v) is 5.87. The van der Waals surface area contributed by atoms with Gasteiger partial charge >= 0.3 is 6.03 Å². The number of nitrogens with one attached hydrogen (secondary N) is 1. The maximum absolute atomic E-state index is 13.4. The highest BCUT2D eigenvalue weighted by molar-refractivity contribution is 5.89. The van der Waals surface area contributed by atoms with Crippen molar-refractivity contribution in [3.05, 3.63) is 53.9 Å². The van der Waals surface area contributed by atoms with Gasteiger partial charge in [0.25, 0.3) is 0 Å². The van der Waals surface area contributed by atoms with Crippen LogP contribution in [0.1, 0.15) is 30.0 Å². The van der Waals surface area contributed by atoms with Crippen molar-refractivity contribution in [1.82, 2.24) is 14.9 Å². The third kappa shape index (κ3) is 3.83. The van der Waals surface area contributed by atoms with Crippen LogP contribution in [0.2, 0.25) is 0 Å². The van der Waals surface area contributed by atoms with E-state index >= 15 is 0 Å². The van der Waals surface area contributed by atoms with Crippen LogP contribution in [0.3, 0.4) is 0 Å². The van der Waals surface area contributed by atoms with Crippen LogP contribution in [0.15, 0.2) is 36.8 Å². The van der Waals surface area contributed by atoms with E-state index in [2.05, 4.69) is 15.3 Å². The van der Waals surface area contributed by atoms with Crippen molar-refractivity contribution in [3.63, 3.8) is 0 Å². The number of hydrogen-bond donors (Lipinski definition) is 1. The Hall–Kier alpha value is -2.50. The highest BCUT2D eigenvalue weighted by atomic mass is 19.1. The molecule has 0 bridgehead atoms. The Kier molecular flexibility index (Phi) is 4.50. The van der Waals surface area contributed by atoms with E-state index in [9.17, 15) is 9.18 Å².